The Morgan fingerprint density at radius 3 is 2.25 bits per heavy atom. The summed E-state index contributed by atoms with van der Waals surface area (Å²) in [6.07, 6.45) is 1.56. The van der Waals surface area contributed by atoms with Gasteiger partial charge in [0.1, 0.15) is 24.1 Å². The number of aliphatic hydroxyl groups excluding tert-OH is 1. The average molecular weight is 288 g/mol. The van der Waals surface area contributed by atoms with E-state index in [4.69, 9.17) is 5.11 Å². The molecule has 20 heavy (non-hydrogen) atoms. The van der Waals surface area contributed by atoms with Crippen molar-refractivity contribution in [3.63, 3.8) is 0 Å². The zero-order valence-corrected chi connectivity index (χ0v) is 12.1. The van der Waals surface area contributed by atoms with Gasteiger partial charge in [0, 0.05) is 18.5 Å². The molecule has 1 aromatic heterocycles. The summed E-state index contributed by atoms with van der Waals surface area (Å²) < 4.78 is 26.2. The zero-order chi connectivity index (χ0) is 15.2. The van der Waals surface area contributed by atoms with Gasteiger partial charge in [-0.15, -0.1) is 0 Å². The molecule has 5 nitrogen and oxygen atoms in total. The zero-order valence-electron chi connectivity index (χ0n) is 12.1. The molecule has 0 radical (unpaired) electrons. The molecule has 0 aliphatic rings. The molecule has 0 aromatic carbocycles. The molecule has 1 heterocycles. The van der Waals surface area contributed by atoms with Crippen molar-refractivity contribution >= 4 is 11.6 Å². The summed E-state index contributed by atoms with van der Waals surface area (Å²) >= 11 is 0. The number of nitrogens with zero attached hydrogens (tertiary/aromatic N) is 2. The van der Waals surface area contributed by atoms with Crippen LogP contribution in [0.3, 0.4) is 0 Å². The molecule has 0 spiro atoms. The van der Waals surface area contributed by atoms with Crippen molar-refractivity contribution in [3.05, 3.63) is 11.4 Å². The van der Waals surface area contributed by atoms with Crippen molar-refractivity contribution < 1.29 is 13.9 Å². The lowest BCUT2D eigenvalue weighted by Gasteiger charge is -2.18. The van der Waals surface area contributed by atoms with E-state index in [0.717, 1.165) is 6.42 Å². The van der Waals surface area contributed by atoms with Gasteiger partial charge in [-0.05, 0) is 20.3 Å². The van der Waals surface area contributed by atoms with Gasteiger partial charge in [-0.1, -0.05) is 6.92 Å². The number of halogens is 2. The van der Waals surface area contributed by atoms with Gasteiger partial charge in [0.2, 0.25) is 0 Å². The molecule has 0 unspecified atom stereocenters. The SMILES string of the molecule is CCCc1nc(NCC)c(C)c(NCC(F)(F)CO)n1. The Labute approximate surface area is 117 Å². The normalized spacial score (nSPS) is 11.5. The third-order valence-electron chi connectivity index (χ3n) is 2.76. The Kier molecular flexibility index (Phi) is 6.06. The van der Waals surface area contributed by atoms with Crippen molar-refractivity contribution in [2.75, 3.05) is 30.3 Å². The fraction of sp³-hybridized carbons (Fsp3) is 0.692. The second-order valence-corrected chi connectivity index (χ2v) is 4.61. The molecule has 7 heteroatoms. The lowest BCUT2D eigenvalue weighted by atomic mass is 10.2. The largest absolute Gasteiger partial charge is 0.390 e. The van der Waals surface area contributed by atoms with E-state index >= 15 is 0 Å². The molecular weight excluding hydrogens is 266 g/mol. The molecule has 0 fully saturated rings. The first-order valence-electron chi connectivity index (χ1n) is 6.77. The quantitative estimate of drug-likeness (QED) is 0.684. The van der Waals surface area contributed by atoms with E-state index in [-0.39, 0.29) is 0 Å². The highest BCUT2D eigenvalue weighted by Gasteiger charge is 2.28. The Morgan fingerprint density at radius 2 is 1.75 bits per heavy atom. The maximum Gasteiger partial charge on any atom is 0.287 e. The third kappa shape index (κ3) is 4.56. The van der Waals surface area contributed by atoms with Crippen LogP contribution in [0.4, 0.5) is 20.4 Å². The summed E-state index contributed by atoms with van der Waals surface area (Å²) in [5, 5.41) is 14.3. The van der Waals surface area contributed by atoms with Crippen LogP contribution < -0.4 is 10.6 Å². The minimum Gasteiger partial charge on any atom is -0.390 e. The van der Waals surface area contributed by atoms with E-state index in [1.54, 1.807) is 6.92 Å². The molecule has 3 N–H and O–H groups in total. The van der Waals surface area contributed by atoms with Crippen molar-refractivity contribution in [2.24, 2.45) is 0 Å². The molecule has 0 aliphatic heterocycles. The maximum atomic E-state index is 13.1. The van der Waals surface area contributed by atoms with E-state index in [0.29, 0.717) is 36.0 Å². The van der Waals surface area contributed by atoms with E-state index in [9.17, 15) is 8.78 Å². The molecule has 0 aliphatic carbocycles. The van der Waals surface area contributed by atoms with Crippen molar-refractivity contribution in [3.8, 4) is 0 Å². The second kappa shape index (κ2) is 7.33. The molecule has 114 valence electrons. The highest BCUT2D eigenvalue weighted by Crippen LogP contribution is 2.22. The molecular formula is C13H22F2N4O. The number of rotatable bonds is 8. The first-order chi connectivity index (χ1) is 9.43. The Morgan fingerprint density at radius 1 is 1.15 bits per heavy atom. The smallest absolute Gasteiger partial charge is 0.287 e. The summed E-state index contributed by atoms with van der Waals surface area (Å²) in [7, 11) is 0. The summed E-state index contributed by atoms with van der Waals surface area (Å²) in [6.45, 7) is 4.56. The molecule has 0 amide bonds. The van der Waals surface area contributed by atoms with Crippen molar-refractivity contribution in [1.29, 1.82) is 0 Å². The van der Waals surface area contributed by atoms with Crippen LogP contribution in [0.1, 0.15) is 31.7 Å². The fourth-order valence-corrected chi connectivity index (χ4v) is 1.68. The number of hydrogen-bond donors (Lipinski definition) is 3. The standard InChI is InChI=1S/C13H22F2N4O/c1-4-6-10-18-11(16-5-2)9(3)12(19-10)17-7-13(14,15)8-20/h20H,4-8H2,1-3H3,(H2,16,17,18,19). The predicted octanol–water partition coefficient (Wildman–Crippen LogP) is 2.21. The Bertz CT molecular complexity index is 441. The Balaban J connectivity index is 2.97. The van der Waals surface area contributed by atoms with Gasteiger partial charge in [-0.3, -0.25) is 0 Å². The monoisotopic (exact) mass is 288 g/mol. The van der Waals surface area contributed by atoms with Crippen LogP contribution >= 0.6 is 0 Å². The molecule has 0 saturated carbocycles. The van der Waals surface area contributed by atoms with E-state index in [1.807, 2.05) is 13.8 Å². The summed E-state index contributed by atoms with van der Waals surface area (Å²) in [5.41, 5.74) is 0.695. The molecule has 0 bridgehead atoms. The van der Waals surface area contributed by atoms with Crippen LogP contribution in [-0.2, 0) is 6.42 Å². The summed E-state index contributed by atoms with van der Waals surface area (Å²) in [6, 6.07) is 0. The van der Waals surface area contributed by atoms with Gasteiger partial charge < -0.3 is 15.7 Å². The number of alkyl halides is 2. The number of anilines is 2. The average Bonchev–Trinajstić information content (AvgIpc) is 2.41. The van der Waals surface area contributed by atoms with E-state index in [2.05, 4.69) is 20.6 Å². The Hall–Kier alpha value is -1.50. The van der Waals surface area contributed by atoms with Crippen LogP contribution in [0.2, 0.25) is 0 Å². The maximum absolute atomic E-state index is 13.1. The van der Waals surface area contributed by atoms with Crippen molar-refractivity contribution in [2.45, 2.75) is 39.5 Å². The topological polar surface area (TPSA) is 70.1 Å². The fourth-order valence-electron chi connectivity index (χ4n) is 1.68. The van der Waals surface area contributed by atoms with Crippen molar-refractivity contribution in [1.82, 2.24) is 9.97 Å². The van der Waals surface area contributed by atoms with Gasteiger partial charge in [0.05, 0.1) is 6.54 Å². The van der Waals surface area contributed by atoms with Gasteiger partial charge in [-0.2, -0.15) is 0 Å². The van der Waals surface area contributed by atoms with Crippen LogP contribution in [0.5, 0.6) is 0 Å². The molecule has 0 saturated heterocycles. The second-order valence-electron chi connectivity index (χ2n) is 4.61. The molecule has 1 rings (SSSR count). The highest BCUT2D eigenvalue weighted by molar-refractivity contribution is 5.57. The van der Waals surface area contributed by atoms with Gasteiger partial charge >= 0.3 is 0 Å². The number of aliphatic hydroxyl groups is 1. The van der Waals surface area contributed by atoms with Crippen LogP contribution in [0.15, 0.2) is 0 Å². The highest BCUT2D eigenvalue weighted by atomic mass is 19.3. The number of hydrogen-bond acceptors (Lipinski definition) is 5. The first kappa shape index (κ1) is 16.6. The van der Waals surface area contributed by atoms with Gasteiger partial charge in [0.25, 0.3) is 5.92 Å². The van der Waals surface area contributed by atoms with Crippen LogP contribution in [-0.4, -0.2) is 40.7 Å². The number of aromatic nitrogens is 2. The minimum atomic E-state index is -3.17. The predicted molar refractivity (Wildman–Crippen MR) is 75.5 cm³/mol. The lowest BCUT2D eigenvalue weighted by Crippen LogP contribution is -2.31. The van der Waals surface area contributed by atoms with E-state index < -0.39 is 19.1 Å². The van der Waals surface area contributed by atoms with Crippen LogP contribution in [0, 0.1) is 6.92 Å². The van der Waals surface area contributed by atoms with E-state index in [1.165, 1.54) is 0 Å². The minimum absolute atomic E-state index is 0.382. The number of aryl methyl sites for hydroxylation is 1. The number of nitrogens with one attached hydrogen (secondary N) is 2. The third-order valence-corrected chi connectivity index (χ3v) is 2.76. The lowest BCUT2D eigenvalue weighted by molar-refractivity contribution is -0.0373. The van der Waals surface area contributed by atoms with Crippen LogP contribution in [0.25, 0.3) is 0 Å². The summed E-state index contributed by atoms with van der Waals surface area (Å²) in [5.74, 6) is -1.52. The van der Waals surface area contributed by atoms with Gasteiger partial charge in [0.15, 0.2) is 0 Å². The molecule has 1 aromatic rings. The first-order valence-corrected chi connectivity index (χ1v) is 6.77. The summed E-state index contributed by atoms with van der Waals surface area (Å²) in [4.78, 5) is 8.64. The molecule has 0 atom stereocenters. The van der Waals surface area contributed by atoms with Gasteiger partial charge in [-0.25, -0.2) is 18.7 Å².